The van der Waals surface area contributed by atoms with Gasteiger partial charge in [-0.05, 0) is 31.0 Å². The maximum Gasteiger partial charge on any atom is 0.265 e. The van der Waals surface area contributed by atoms with Crippen LogP contribution in [0.5, 0.6) is 5.75 Å². The molecular formula is C17H24N2O2. The molecule has 0 spiro atoms. The third kappa shape index (κ3) is 3.64. The molecular weight excluding hydrogens is 264 g/mol. The molecule has 2 rings (SSSR count). The van der Waals surface area contributed by atoms with Gasteiger partial charge >= 0.3 is 0 Å². The summed E-state index contributed by atoms with van der Waals surface area (Å²) in [5.74, 6) is 0.701. The first-order valence-electron chi connectivity index (χ1n) is 7.50. The Balaban J connectivity index is 2.29. The Morgan fingerprint density at radius 3 is 2.95 bits per heavy atom. The highest BCUT2D eigenvalue weighted by molar-refractivity contribution is 5.98. The van der Waals surface area contributed by atoms with E-state index in [4.69, 9.17) is 10.5 Å². The summed E-state index contributed by atoms with van der Waals surface area (Å²) in [6.45, 7) is 8.57. The fourth-order valence-corrected chi connectivity index (χ4v) is 2.48. The topological polar surface area (TPSA) is 55.6 Å². The van der Waals surface area contributed by atoms with E-state index < -0.39 is 0 Å². The molecule has 4 heteroatoms. The van der Waals surface area contributed by atoms with Crippen LogP contribution in [0.15, 0.2) is 30.4 Å². The lowest BCUT2D eigenvalue weighted by Gasteiger charge is -2.30. The Morgan fingerprint density at radius 1 is 1.52 bits per heavy atom. The number of amides is 1. The van der Waals surface area contributed by atoms with Gasteiger partial charge in [0, 0.05) is 12.6 Å². The lowest BCUT2D eigenvalue weighted by Crippen LogP contribution is -2.39. The molecule has 0 radical (unpaired) electrons. The van der Waals surface area contributed by atoms with Crippen LogP contribution in [0.4, 0.5) is 5.69 Å². The second kappa shape index (κ2) is 6.76. The van der Waals surface area contributed by atoms with Crippen molar-refractivity contribution in [2.45, 2.75) is 39.2 Å². The SMILES string of the molecule is C=C(C)CN1C(=O)COc2ccc(C(N)CCCC)cc21. The molecule has 1 aromatic rings. The van der Waals surface area contributed by atoms with E-state index in [0.29, 0.717) is 6.54 Å². The van der Waals surface area contributed by atoms with E-state index in [9.17, 15) is 4.79 Å². The summed E-state index contributed by atoms with van der Waals surface area (Å²) in [6, 6.07) is 5.89. The number of unbranched alkanes of at least 4 members (excludes halogenated alkanes) is 1. The molecule has 2 N–H and O–H groups in total. The van der Waals surface area contributed by atoms with E-state index >= 15 is 0 Å². The first-order chi connectivity index (χ1) is 10.0. The van der Waals surface area contributed by atoms with Gasteiger partial charge in [0.1, 0.15) is 5.75 Å². The highest BCUT2D eigenvalue weighted by Crippen LogP contribution is 2.35. The van der Waals surface area contributed by atoms with E-state index in [2.05, 4.69) is 13.5 Å². The molecule has 1 unspecified atom stereocenters. The average molecular weight is 288 g/mol. The molecule has 1 atom stereocenters. The molecule has 1 aromatic carbocycles. The molecule has 1 aliphatic rings. The van der Waals surface area contributed by atoms with Gasteiger partial charge in [0.2, 0.25) is 0 Å². The molecule has 114 valence electrons. The summed E-state index contributed by atoms with van der Waals surface area (Å²) in [6.07, 6.45) is 3.18. The van der Waals surface area contributed by atoms with E-state index in [1.165, 1.54) is 0 Å². The number of rotatable bonds is 6. The Labute approximate surface area is 126 Å². The zero-order chi connectivity index (χ0) is 15.4. The molecule has 1 heterocycles. The number of nitrogens with two attached hydrogens (primary N) is 1. The van der Waals surface area contributed by atoms with Crippen LogP contribution in [-0.4, -0.2) is 19.1 Å². The van der Waals surface area contributed by atoms with E-state index in [0.717, 1.165) is 41.8 Å². The van der Waals surface area contributed by atoms with E-state index in [-0.39, 0.29) is 18.6 Å². The van der Waals surface area contributed by atoms with Crippen LogP contribution in [0.1, 0.15) is 44.7 Å². The number of carbonyl (C=O) groups excluding carboxylic acids is 1. The van der Waals surface area contributed by atoms with Crippen LogP contribution in [0.25, 0.3) is 0 Å². The molecule has 0 aliphatic carbocycles. The lowest BCUT2D eigenvalue weighted by atomic mass is 10.0. The molecule has 0 saturated heterocycles. The van der Waals surface area contributed by atoms with E-state index in [1.54, 1.807) is 4.90 Å². The molecule has 0 saturated carbocycles. The third-order valence-electron chi connectivity index (χ3n) is 3.65. The van der Waals surface area contributed by atoms with Gasteiger partial charge in [0.05, 0.1) is 5.69 Å². The number of fused-ring (bicyclic) bond motifs is 1. The Hall–Kier alpha value is -1.81. The van der Waals surface area contributed by atoms with Crippen LogP contribution >= 0.6 is 0 Å². The van der Waals surface area contributed by atoms with Crippen molar-refractivity contribution in [3.8, 4) is 5.75 Å². The summed E-state index contributed by atoms with van der Waals surface area (Å²) in [4.78, 5) is 13.8. The van der Waals surface area contributed by atoms with Crippen molar-refractivity contribution < 1.29 is 9.53 Å². The predicted octanol–water partition coefficient (Wildman–Crippen LogP) is 3.18. The van der Waals surface area contributed by atoms with Crippen molar-refractivity contribution in [1.82, 2.24) is 0 Å². The third-order valence-corrected chi connectivity index (χ3v) is 3.65. The number of benzene rings is 1. The fourth-order valence-electron chi connectivity index (χ4n) is 2.48. The van der Waals surface area contributed by atoms with Crippen LogP contribution in [0.2, 0.25) is 0 Å². The van der Waals surface area contributed by atoms with Crippen LogP contribution in [-0.2, 0) is 4.79 Å². The minimum Gasteiger partial charge on any atom is -0.482 e. The molecule has 1 amide bonds. The number of anilines is 1. The van der Waals surface area contributed by atoms with Gasteiger partial charge in [-0.2, -0.15) is 0 Å². The summed E-state index contributed by atoms with van der Waals surface area (Å²) in [5.41, 5.74) is 9.03. The van der Waals surface area contributed by atoms with Crippen molar-refractivity contribution in [3.05, 3.63) is 35.9 Å². The van der Waals surface area contributed by atoms with Gasteiger partial charge in [-0.15, -0.1) is 0 Å². The highest BCUT2D eigenvalue weighted by atomic mass is 16.5. The van der Waals surface area contributed by atoms with Gasteiger partial charge in [-0.3, -0.25) is 4.79 Å². The van der Waals surface area contributed by atoms with Gasteiger partial charge in [0.25, 0.3) is 5.91 Å². The molecule has 1 aliphatic heterocycles. The van der Waals surface area contributed by atoms with E-state index in [1.807, 2.05) is 25.1 Å². The predicted molar refractivity (Wildman–Crippen MR) is 85.6 cm³/mol. The summed E-state index contributed by atoms with van der Waals surface area (Å²) >= 11 is 0. The number of nitrogens with zero attached hydrogens (tertiary/aromatic N) is 1. The number of hydrogen-bond acceptors (Lipinski definition) is 3. The molecule has 4 nitrogen and oxygen atoms in total. The largest absolute Gasteiger partial charge is 0.482 e. The summed E-state index contributed by atoms with van der Waals surface area (Å²) in [7, 11) is 0. The second-order valence-electron chi connectivity index (χ2n) is 5.70. The molecule has 0 aromatic heterocycles. The Bertz CT molecular complexity index is 540. The lowest BCUT2D eigenvalue weighted by molar-refractivity contribution is -0.121. The molecule has 0 fully saturated rings. The van der Waals surface area contributed by atoms with Gasteiger partial charge < -0.3 is 15.4 Å². The second-order valence-corrected chi connectivity index (χ2v) is 5.70. The minimum atomic E-state index is -0.0372. The van der Waals surface area contributed by atoms with Gasteiger partial charge in [-0.25, -0.2) is 0 Å². The Morgan fingerprint density at radius 2 is 2.29 bits per heavy atom. The smallest absolute Gasteiger partial charge is 0.265 e. The number of ether oxygens (including phenoxy) is 1. The van der Waals surface area contributed by atoms with Crippen molar-refractivity contribution >= 4 is 11.6 Å². The van der Waals surface area contributed by atoms with Crippen LogP contribution in [0, 0.1) is 0 Å². The van der Waals surface area contributed by atoms with Gasteiger partial charge in [0.15, 0.2) is 6.61 Å². The van der Waals surface area contributed by atoms with Crippen LogP contribution < -0.4 is 15.4 Å². The van der Waals surface area contributed by atoms with Crippen molar-refractivity contribution in [3.63, 3.8) is 0 Å². The average Bonchev–Trinajstić information content (AvgIpc) is 2.47. The Kier molecular flexibility index (Phi) is 5.02. The molecule has 21 heavy (non-hydrogen) atoms. The first-order valence-corrected chi connectivity index (χ1v) is 7.50. The monoisotopic (exact) mass is 288 g/mol. The van der Waals surface area contributed by atoms with Crippen LogP contribution in [0.3, 0.4) is 0 Å². The standard InChI is InChI=1S/C17H24N2O2/c1-4-5-6-14(18)13-7-8-16-15(9-13)19(10-12(2)3)17(20)11-21-16/h7-9,14H,2,4-6,10-11,18H2,1,3H3. The summed E-state index contributed by atoms with van der Waals surface area (Å²) < 4.78 is 5.50. The number of hydrogen-bond donors (Lipinski definition) is 1. The maximum atomic E-state index is 12.1. The van der Waals surface area contributed by atoms with Gasteiger partial charge in [-0.1, -0.05) is 38.0 Å². The normalized spacial score (nSPS) is 15.4. The van der Waals surface area contributed by atoms with Crippen molar-refractivity contribution in [2.75, 3.05) is 18.1 Å². The van der Waals surface area contributed by atoms with Crippen molar-refractivity contribution in [1.29, 1.82) is 0 Å². The molecule has 0 bridgehead atoms. The quantitative estimate of drug-likeness (QED) is 0.818. The highest BCUT2D eigenvalue weighted by Gasteiger charge is 2.26. The minimum absolute atomic E-state index is 0.000966. The summed E-state index contributed by atoms with van der Waals surface area (Å²) in [5, 5.41) is 0. The maximum absolute atomic E-state index is 12.1. The number of carbonyl (C=O) groups is 1. The zero-order valence-corrected chi connectivity index (χ0v) is 12.9. The van der Waals surface area contributed by atoms with Crippen molar-refractivity contribution in [2.24, 2.45) is 5.73 Å². The zero-order valence-electron chi connectivity index (χ0n) is 12.9. The first kappa shape index (κ1) is 15.6. The fraction of sp³-hybridized carbons (Fsp3) is 0.471.